The maximum Gasteiger partial charge on any atom is 0.300 e. The molecule has 27 heavy (non-hydrogen) atoms. The Morgan fingerprint density at radius 2 is 1.78 bits per heavy atom. The summed E-state index contributed by atoms with van der Waals surface area (Å²) in [6.07, 6.45) is 0. The molecule has 6 heteroatoms. The van der Waals surface area contributed by atoms with E-state index in [-0.39, 0.29) is 11.3 Å². The summed E-state index contributed by atoms with van der Waals surface area (Å²) in [5, 5.41) is 13.2. The number of hydrogen-bond acceptors (Lipinski definition) is 4. The van der Waals surface area contributed by atoms with Crippen molar-refractivity contribution in [1.29, 1.82) is 0 Å². The van der Waals surface area contributed by atoms with E-state index in [2.05, 4.69) is 0 Å². The Morgan fingerprint density at radius 3 is 2.44 bits per heavy atom. The molecule has 134 valence electrons. The SMILES string of the molecule is O=C1C(=O)N(c2cccc(Cl)c2)C(c2cccs2)/C1=C(/O)c1ccccc1. The van der Waals surface area contributed by atoms with Crippen molar-refractivity contribution in [1.82, 2.24) is 0 Å². The standard InChI is InChI=1S/C21H14ClNO3S/c22-14-8-4-9-15(12-14)23-18(16-10-5-11-27-16)17(20(25)21(23)26)19(24)13-6-2-1-3-7-13/h1-12,18,24H/b19-17-. The van der Waals surface area contributed by atoms with Crippen molar-refractivity contribution < 1.29 is 14.7 Å². The molecule has 0 saturated carbocycles. The molecule has 2 heterocycles. The fourth-order valence-corrected chi connectivity index (χ4v) is 4.20. The van der Waals surface area contributed by atoms with Crippen LogP contribution in [-0.2, 0) is 9.59 Å². The van der Waals surface area contributed by atoms with Gasteiger partial charge in [0.1, 0.15) is 11.8 Å². The lowest BCUT2D eigenvalue weighted by Crippen LogP contribution is -2.29. The van der Waals surface area contributed by atoms with E-state index in [0.29, 0.717) is 16.3 Å². The number of Topliss-reactive ketones (excluding diaryl/α,β-unsaturated/α-hetero) is 1. The van der Waals surface area contributed by atoms with E-state index >= 15 is 0 Å². The summed E-state index contributed by atoms with van der Waals surface area (Å²) in [5.74, 6) is -1.58. The number of aliphatic hydroxyl groups excluding tert-OH is 1. The van der Waals surface area contributed by atoms with Crippen molar-refractivity contribution in [3.8, 4) is 0 Å². The summed E-state index contributed by atoms with van der Waals surface area (Å²) < 4.78 is 0. The van der Waals surface area contributed by atoms with Gasteiger partial charge in [-0.3, -0.25) is 14.5 Å². The molecule has 4 rings (SSSR count). The molecular weight excluding hydrogens is 382 g/mol. The lowest BCUT2D eigenvalue weighted by molar-refractivity contribution is -0.132. The fourth-order valence-electron chi connectivity index (χ4n) is 3.19. The largest absolute Gasteiger partial charge is 0.507 e. The average Bonchev–Trinajstić information content (AvgIpc) is 3.29. The highest BCUT2D eigenvalue weighted by Gasteiger charge is 2.47. The predicted molar refractivity (Wildman–Crippen MR) is 107 cm³/mol. The third kappa shape index (κ3) is 3.05. The number of benzene rings is 2. The van der Waals surface area contributed by atoms with Crippen molar-refractivity contribution in [3.63, 3.8) is 0 Å². The molecule has 1 atom stereocenters. The molecule has 1 unspecified atom stereocenters. The van der Waals surface area contributed by atoms with Crippen molar-refractivity contribution in [2.45, 2.75) is 6.04 Å². The Kier molecular flexibility index (Phi) is 4.56. The highest BCUT2D eigenvalue weighted by Crippen LogP contribution is 2.43. The van der Waals surface area contributed by atoms with Gasteiger partial charge in [-0.2, -0.15) is 0 Å². The Balaban J connectivity index is 1.94. The van der Waals surface area contributed by atoms with Crippen LogP contribution in [0.15, 0.2) is 77.7 Å². The number of carbonyl (C=O) groups is 2. The Labute approximate surface area is 164 Å². The molecule has 1 aliphatic heterocycles. The summed E-state index contributed by atoms with van der Waals surface area (Å²) in [6.45, 7) is 0. The van der Waals surface area contributed by atoms with Gasteiger partial charge in [0, 0.05) is 21.2 Å². The van der Waals surface area contributed by atoms with Gasteiger partial charge in [-0.1, -0.05) is 54.1 Å². The van der Waals surface area contributed by atoms with Crippen LogP contribution in [0.25, 0.3) is 5.76 Å². The first kappa shape index (κ1) is 17.5. The van der Waals surface area contributed by atoms with Crippen molar-refractivity contribution in [3.05, 3.63) is 93.1 Å². The minimum atomic E-state index is -0.713. The molecule has 0 bridgehead atoms. The van der Waals surface area contributed by atoms with Crippen LogP contribution in [0.4, 0.5) is 5.69 Å². The predicted octanol–water partition coefficient (Wildman–Crippen LogP) is 5.03. The van der Waals surface area contributed by atoms with Crippen LogP contribution in [0.3, 0.4) is 0 Å². The highest BCUT2D eigenvalue weighted by atomic mass is 35.5. The van der Waals surface area contributed by atoms with Crippen molar-refractivity contribution >= 4 is 46.1 Å². The third-order valence-corrected chi connectivity index (χ3v) is 5.55. The van der Waals surface area contributed by atoms with E-state index in [4.69, 9.17) is 11.6 Å². The van der Waals surface area contributed by atoms with E-state index < -0.39 is 17.7 Å². The van der Waals surface area contributed by atoms with Crippen LogP contribution in [0.1, 0.15) is 16.5 Å². The second-order valence-electron chi connectivity index (χ2n) is 6.03. The summed E-state index contributed by atoms with van der Waals surface area (Å²) in [6, 6.07) is 18.5. The zero-order valence-corrected chi connectivity index (χ0v) is 15.6. The first-order valence-electron chi connectivity index (χ1n) is 8.23. The monoisotopic (exact) mass is 395 g/mol. The van der Waals surface area contributed by atoms with E-state index in [1.807, 2.05) is 23.6 Å². The van der Waals surface area contributed by atoms with Gasteiger partial charge in [-0.25, -0.2) is 0 Å². The summed E-state index contributed by atoms with van der Waals surface area (Å²) in [7, 11) is 0. The quantitative estimate of drug-likeness (QED) is 0.384. The lowest BCUT2D eigenvalue weighted by Gasteiger charge is -2.24. The zero-order valence-electron chi connectivity index (χ0n) is 14.0. The Bertz CT molecular complexity index is 1040. The lowest BCUT2D eigenvalue weighted by atomic mass is 10.00. The number of thiophene rings is 1. The van der Waals surface area contributed by atoms with Crippen LogP contribution < -0.4 is 4.90 Å². The van der Waals surface area contributed by atoms with Crippen LogP contribution >= 0.6 is 22.9 Å². The van der Waals surface area contributed by atoms with E-state index in [0.717, 1.165) is 4.88 Å². The molecule has 1 amide bonds. The maximum absolute atomic E-state index is 12.9. The van der Waals surface area contributed by atoms with Gasteiger partial charge in [0.25, 0.3) is 11.7 Å². The number of aliphatic hydroxyl groups is 1. The molecule has 1 saturated heterocycles. The fraction of sp³-hybridized carbons (Fsp3) is 0.0476. The molecule has 1 N–H and O–H groups in total. The molecule has 0 radical (unpaired) electrons. The average molecular weight is 396 g/mol. The highest BCUT2D eigenvalue weighted by molar-refractivity contribution is 7.10. The van der Waals surface area contributed by atoms with Crippen molar-refractivity contribution in [2.75, 3.05) is 4.90 Å². The van der Waals surface area contributed by atoms with Gasteiger partial charge in [0.05, 0.1) is 5.57 Å². The second-order valence-corrected chi connectivity index (χ2v) is 7.45. The summed E-state index contributed by atoms with van der Waals surface area (Å²) in [4.78, 5) is 27.9. The van der Waals surface area contributed by atoms with E-state index in [1.165, 1.54) is 16.2 Å². The Morgan fingerprint density at radius 1 is 1.00 bits per heavy atom. The first-order chi connectivity index (χ1) is 13.1. The minimum Gasteiger partial charge on any atom is -0.507 e. The summed E-state index contributed by atoms with van der Waals surface area (Å²) >= 11 is 7.51. The van der Waals surface area contributed by atoms with Crippen LogP contribution in [0.2, 0.25) is 5.02 Å². The van der Waals surface area contributed by atoms with Gasteiger partial charge in [0.2, 0.25) is 0 Å². The number of nitrogens with zero attached hydrogens (tertiary/aromatic N) is 1. The molecule has 2 aromatic carbocycles. The number of anilines is 1. The topological polar surface area (TPSA) is 57.6 Å². The van der Waals surface area contributed by atoms with Gasteiger partial charge in [-0.15, -0.1) is 11.3 Å². The molecule has 4 nitrogen and oxygen atoms in total. The van der Waals surface area contributed by atoms with Crippen LogP contribution in [-0.4, -0.2) is 16.8 Å². The van der Waals surface area contributed by atoms with Crippen LogP contribution in [0.5, 0.6) is 0 Å². The molecule has 0 aliphatic carbocycles. The van der Waals surface area contributed by atoms with Gasteiger partial charge in [0.15, 0.2) is 0 Å². The molecule has 1 aliphatic rings. The van der Waals surface area contributed by atoms with Gasteiger partial charge in [-0.05, 0) is 29.6 Å². The number of halogens is 1. The molecule has 3 aromatic rings. The number of hydrogen-bond donors (Lipinski definition) is 1. The first-order valence-corrected chi connectivity index (χ1v) is 9.49. The molecule has 1 fully saturated rings. The van der Waals surface area contributed by atoms with Crippen LogP contribution in [0, 0.1) is 0 Å². The second kappa shape index (κ2) is 7.02. The van der Waals surface area contributed by atoms with Crippen molar-refractivity contribution in [2.24, 2.45) is 0 Å². The number of ketones is 1. The zero-order chi connectivity index (χ0) is 19.0. The smallest absolute Gasteiger partial charge is 0.300 e. The van der Waals surface area contributed by atoms with Gasteiger partial charge >= 0.3 is 0 Å². The van der Waals surface area contributed by atoms with E-state index in [1.54, 1.807) is 48.5 Å². The minimum absolute atomic E-state index is 0.0774. The number of rotatable bonds is 3. The number of amides is 1. The summed E-state index contributed by atoms with van der Waals surface area (Å²) in [5.41, 5.74) is 1.08. The molecule has 1 aromatic heterocycles. The normalized spacial score (nSPS) is 18.9. The number of carbonyl (C=O) groups excluding carboxylic acids is 2. The molecular formula is C21H14ClNO3S. The Hall–Kier alpha value is -2.89. The third-order valence-electron chi connectivity index (χ3n) is 4.39. The maximum atomic E-state index is 12.9. The molecule has 0 spiro atoms. The van der Waals surface area contributed by atoms with E-state index in [9.17, 15) is 14.7 Å². The van der Waals surface area contributed by atoms with Gasteiger partial charge < -0.3 is 5.11 Å².